The SMILES string of the molecule is CC(=O)N(CC[C@@H](c1ccco1)C(C)C)Cc1ccc(OC(C)C)cc1. The van der Waals surface area contributed by atoms with Crippen LogP contribution in [0.3, 0.4) is 0 Å². The summed E-state index contributed by atoms with van der Waals surface area (Å²) in [6.45, 7) is 11.4. The highest BCUT2D eigenvalue weighted by molar-refractivity contribution is 5.73. The standard InChI is InChI=1S/C22H31NO3/c1-16(2)21(22-7-6-14-25-22)12-13-23(18(5)24)15-19-8-10-20(11-9-19)26-17(3)4/h6-11,14,16-17,21H,12-13,15H2,1-5H3/t21-/m1/s1. The van der Waals surface area contributed by atoms with Crippen LogP contribution in [0.4, 0.5) is 0 Å². The van der Waals surface area contributed by atoms with E-state index in [0.717, 1.165) is 23.5 Å². The normalized spacial score (nSPS) is 12.4. The number of carbonyl (C=O) groups excluding carboxylic acids is 1. The smallest absolute Gasteiger partial charge is 0.219 e. The Balaban J connectivity index is 1.99. The van der Waals surface area contributed by atoms with E-state index in [1.165, 1.54) is 0 Å². The van der Waals surface area contributed by atoms with E-state index < -0.39 is 0 Å². The third kappa shape index (κ3) is 5.94. The third-order valence-corrected chi connectivity index (χ3v) is 4.54. The van der Waals surface area contributed by atoms with E-state index in [2.05, 4.69) is 13.8 Å². The second kappa shape index (κ2) is 9.46. The lowest BCUT2D eigenvalue weighted by Crippen LogP contribution is -2.30. The number of carbonyl (C=O) groups is 1. The highest BCUT2D eigenvalue weighted by Crippen LogP contribution is 2.28. The van der Waals surface area contributed by atoms with Crippen LogP contribution in [0.1, 0.15) is 58.3 Å². The first-order valence-electron chi connectivity index (χ1n) is 9.41. The number of ether oxygens (including phenoxy) is 1. The average Bonchev–Trinajstić information content (AvgIpc) is 3.08. The van der Waals surface area contributed by atoms with Crippen molar-refractivity contribution in [2.24, 2.45) is 5.92 Å². The molecular formula is C22H31NO3. The van der Waals surface area contributed by atoms with Crippen LogP contribution in [0.5, 0.6) is 5.75 Å². The van der Waals surface area contributed by atoms with Crippen molar-refractivity contribution in [1.82, 2.24) is 4.90 Å². The van der Waals surface area contributed by atoms with Gasteiger partial charge in [-0.05, 0) is 56.0 Å². The second-order valence-corrected chi connectivity index (χ2v) is 7.41. The second-order valence-electron chi connectivity index (χ2n) is 7.41. The molecule has 142 valence electrons. The molecule has 0 aliphatic carbocycles. The van der Waals surface area contributed by atoms with Gasteiger partial charge in [0.05, 0.1) is 12.4 Å². The molecule has 1 atom stereocenters. The maximum absolute atomic E-state index is 12.1. The Morgan fingerprint density at radius 2 is 1.81 bits per heavy atom. The molecule has 2 aromatic rings. The molecule has 0 spiro atoms. The van der Waals surface area contributed by atoms with E-state index in [4.69, 9.17) is 9.15 Å². The average molecular weight is 357 g/mol. The largest absolute Gasteiger partial charge is 0.491 e. The first-order valence-corrected chi connectivity index (χ1v) is 9.41. The van der Waals surface area contributed by atoms with E-state index in [-0.39, 0.29) is 12.0 Å². The lowest BCUT2D eigenvalue weighted by molar-refractivity contribution is -0.129. The molecule has 0 N–H and O–H groups in total. The molecule has 2 rings (SSSR count). The number of rotatable bonds is 9. The zero-order chi connectivity index (χ0) is 19.1. The van der Waals surface area contributed by atoms with Crippen LogP contribution in [0.25, 0.3) is 0 Å². The van der Waals surface area contributed by atoms with Gasteiger partial charge in [-0.25, -0.2) is 0 Å². The van der Waals surface area contributed by atoms with Gasteiger partial charge in [0, 0.05) is 25.9 Å². The summed E-state index contributed by atoms with van der Waals surface area (Å²) in [4.78, 5) is 14.0. The van der Waals surface area contributed by atoms with Gasteiger partial charge in [0.2, 0.25) is 5.91 Å². The topological polar surface area (TPSA) is 42.7 Å². The van der Waals surface area contributed by atoms with Crippen LogP contribution < -0.4 is 4.74 Å². The molecule has 4 heteroatoms. The van der Waals surface area contributed by atoms with Crippen molar-refractivity contribution in [3.05, 3.63) is 54.0 Å². The van der Waals surface area contributed by atoms with Gasteiger partial charge in [-0.2, -0.15) is 0 Å². The lowest BCUT2D eigenvalue weighted by Gasteiger charge is -2.25. The minimum atomic E-state index is 0.0921. The van der Waals surface area contributed by atoms with Crippen molar-refractivity contribution in [1.29, 1.82) is 0 Å². The highest BCUT2D eigenvalue weighted by Gasteiger charge is 2.20. The van der Waals surface area contributed by atoms with Crippen LogP contribution in [0.2, 0.25) is 0 Å². The van der Waals surface area contributed by atoms with Gasteiger partial charge in [-0.15, -0.1) is 0 Å². The van der Waals surface area contributed by atoms with Crippen LogP contribution in [0, 0.1) is 5.92 Å². The Morgan fingerprint density at radius 1 is 1.12 bits per heavy atom. The van der Waals surface area contributed by atoms with Crippen molar-refractivity contribution < 1.29 is 13.9 Å². The van der Waals surface area contributed by atoms with Crippen molar-refractivity contribution >= 4 is 5.91 Å². The molecule has 1 amide bonds. The molecule has 1 aromatic carbocycles. The zero-order valence-electron chi connectivity index (χ0n) is 16.6. The molecule has 0 aliphatic heterocycles. The summed E-state index contributed by atoms with van der Waals surface area (Å²) in [6.07, 6.45) is 2.76. The fraction of sp³-hybridized carbons (Fsp3) is 0.500. The number of hydrogen-bond acceptors (Lipinski definition) is 3. The quantitative estimate of drug-likeness (QED) is 0.616. The van der Waals surface area contributed by atoms with Gasteiger partial charge >= 0.3 is 0 Å². The van der Waals surface area contributed by atoms with E-state index >= 15 is 0 Å². The maximum atomic E-state index is 12.1. The maximum Gasteiger partial charge on any atom is 0.219 e. The van der Waals surface area contributed by atoms with Gasteiger partial charge in [-0.1, -0.05) is 26.0 Å². The minimum absolute atomic E-state index is 0.0921. The van der Waals surface area contributed by atoms with Crippen LogP contribution >= 0.6 is 0 Å². The molecular weight excluding hydrogens is 326 g/mol. The Hall–Kier alpha value is -2.23. The molecule has 0 saturated carbocycles. The molecule has 1 aromatic heterocycles. The third-order valence-electron chi connectivity index (χ3n) is 4.54. The molecule has 0 aliphatic rings. The van der Waals surface area contributed by atoms with Gasteiger partial charge in [-0.3, -0.25) is 4.79 Å². The molecule has 0 bridgehead atoms. The van der Waals surface area contributed by atoms with Crippen LogP contribution in [0.15, 0.2) is 47.1 Å². The fourth-order valence-corrected chi connectivity index (χ4v) is 3.12. The number of amides is 1. The monoisotopic (exact) mass is 357 g/mol. The van der Waals surface area contributed by atoms with Crippen molar-refractivity contribution in [3.63, 3.8) is 0 Å². The highest BCUT2D eigenvalue weighted by atomic mass is 16.5. The van der Waals surface area contributed by atoms with E-state index in [0.29, 0.717) is 24.9 Å². The summed E-state index contributed by atoms with van der Waals surface area (Å²) in [5.74, 6) is 2.72. The summed E-state index contributed by atoms with van der Waals surface area (Å²) in [5, 5.41) is 0. The number of benzene rings is 1. The molecule has 0 unspecified atom stereocenters. The first-order chi connectivity index (χ1) is 12.4. The van der Waals surface area contributed by atoms with Crippen molar-refractivity contribution in [2.45, 2.75) is 59.6 Å². The summed E-state index contributed by atoms with van der Waals surface area (Å²) in [5.41, 5.74) is 1.11. The summed E-state index contributed by atoms with van der Waals surface area (Å²) in [6, 6.07) is 11.9. The van der Waals surface area contributed by atoms with Crippen LogP contribution in [-0.4, -0.2) is 23.5 Å². The van der Waals surface area contributed by atoms with Crippen LogP contribution in [-0.2, 0) is 11.3 Å². The lowest BCUT2D eigenvalue weighted by atomic mass is 9.90. The van der Waals surface area contributed by atoms with E-state index in [9.17, 15) is 4.79 Å². The Morgan fingerprint density at radius 3 is 2.31 bits per heavy atom. The molecule has 0 saturated heterocycles. The summed E-state index contributed by atoms with van der Waals surface area (Å²) < 4.78 is 11.3. The molecule has 4 nitrogen and oxygen atoms in total. The Bertz CT molecular complexity index is 659. The van der Waals surface area contributed by atoms with Crippen molar-refractivity contribution in [3.8, 4) is 5.75 Å². The van der Waals surface area contributed by atoms with Gasteiger partial charge < -0.3 is 14.1 Å². The first kappa shape index (κ1) is 20.1. The Kier molecular flexibility index (Phi) is 7.31. The summed E-state index contributed by atoms with van der Waals surface area (Å²) >= 11 is 0. The number of hydrogen-bond donors (Lipinski definition) is 0. The predicted octanol–water partition coefficient (Wildman–Crippen LogP) is 5.25. The molecule has 0 fully saturated rings. The molecule has 1 heterocycles. The predicted molar refractivity (Wildman–Crippen MR) is 104 cm³/mol. The zero-order valence-corrected chi connectivity index (χ0v) is 16.6. The molecule has 26 heavy (non-hydrogen) atoms. The summed E-state index contributed by atoms with van der Waals surface area (Å²) in [7, 11) is 0. The number of nitrogens with zero attached hydrogens (tertiary/aromatic N) is 1. The van der Waals surface area contributed by atoms with Gasteiger partial charge in [0.25, 0.3) is 0 Å². The van der Waals surface area contributed by atoms with Crippen molar-refractivity contribution in [2.75, 3.05) is 6.54 Å². The van der Waals surface area contributed by atoms with E-state index in [1.807, 2.05) is 55.1 Å². The van der Waals surface area contributed by atoms with E-state index in [1.54, 1.807) is 13.2 Å². The van der Waals surface area contributed by atoms with Gasteiger partial charge in [0.15, 0.2) is 0 Å². The fourth-order valence-electron chi connectivity index (χ4n) is 3.12. The number of furan rings is 1. The Labute approximate surface area is 157 Å². The molecule has 0 radical (unpaired) electrons. The van der Waals surface area contributed by atoms with Gasteiger partial charge in [0.1, 0.15) is 11.5 Å². The minimum Gasteiger partial charge on any atom is -0.491 e.